The first-order valence-corrected chi connectivity index (χ1v) is 9.61. The molecule has 0 unspecified atom stereocenters. The maximum Gasteiger partial charge on any atom is -0.00644 e. The highest BCUT2D eigenvalue weighted by Crippen LogP contribution is 2.40. The maximum atomic E-state index is 2.42. The zero-order valence-corrected chi connectivity index (χ0v) is 16.1. The number of fused-ring (bicyclic) bond motifs is 2. The van der Waals surface area contributed by atoms with E-state index in [1.807, 2.05) is 0 Å². The SMILES string of the molecule is CC(C)c1cc(-c2c(C(C)C)ccc3ccccc23)c2ccccc2c1. The Balaban J connectivity index is 2.18. The van der Waals surface area contributed by atoms with Crippen molar-refractivity contribution in [2.75, 3.05) is 0 Å². The monoisotopic (exact) mass is 338 g/mol. The third-order valence-corrected chi connectivity index (χ3v) is 5.40. The van der Waals surface area contributed by atoms with E-state index in [4.69, 9.17) is 0 Å². The minimum Gasteiger partial charge on any atom is -0.0616 e. The van der Waals surface area contributed by atoms with Gasteiger partial charge in [-0.05, 0) is 55.6 Å². The van der Waals surface area contributed by atoms with Crippen molar-refractivity contribution in [1.29, 1.82) is 0 Å². The Kier molecular flexibility index (Phi) is 4.28. The Morgan fingerprint density at radius 3 is 1.92 bits per heavy atom. The van der Waals surface area contributed by atoms with Gasteiger partial charge in [-0.1, -0.05) is 100 Å². The van der Waals surface area contributed by atoms with Crippen LogP contribution >= 0.6 is 0 Å². The Labute approximate surface area is 156 Å². The summed E-state index contributed by atoms with van der Waals surface area (Å²) in [6, 6.07) is 26.9. The molecule has 0 saturated heterocycles. The van der Waals surface area contributed by atoms with Crippen LogP contribution in [-0.2, 0) is 0 Å². The van der Waals surface area contributed by atoms with Crippen LogP contribution in [0.5, 0.6) is 0 Å². The molecule has 4 aromatic rings. The van der Waals surface area contributed by atoms with E-state index in [0.29, 0.717) is 11.8 Å². The molecule has 0 N–H and O–H groups in total. The highest BCUT2D eigenvalue weighted by Gasteiger charge is 2.16. The van der Waals surface area contributed by atoms with E-state index in [9.17, 15) is 0 Å². The molecule has 0 aliphatic carbocycles. The Bertz CT molecular complexity index is 1080. The van der Waals surface area contributed by atoms with Gasteiger partial charge in [-0.3, -0.25) is 0 Å². The van der Waals surface area contributed by atoms with Crippen molar-refractivity contribution < 1.29 is 0 Å². The zero-order valence-electron chi connectivity index (χ0n) is 16.1. The number of rotatable bonds is 3. The molecule has 26 heavy (non-hydrogen) atoms. The highest BCUT2D eigenvalue weighted by atomic mass is 14.2. The third-order valence-electron chi connectivity index (χ3n) is 5.40. The van der Waals surface area contributed by atoms with Gasteiger partial charge in [0.05, 0.1) is 0 Å². The zero-order chi connectivity index (χ0) is 18.3. The Morgan fingerprint density at radius 2 is 1.23 bits per heavy atom. The van der Waals surface area contributed by atoms with Crippen LogP contribution in [0.15, 0.2) is 72.8 Å². The molecule has 0 aliphatic heterocycles. The van der Waals surface area contributed by atoms with E-state index in [1.54, 1.807) is 0 Å². The lowest BCUT2D eigenvalue weighted by molar-refractivity contribution is 0.865. The van der Waals surface area contributed by atoms with Crippen LogP contribution in [0.2, 0.25) is 0 Å². The molecule has 0 fully saturated rings. The smallest absolute Gasteiger partial charge is 0.00644 e. The number of hydrogen-bond donors (Lipinski definition) is 0. The number of benzene rings is 4. The van der Waals surface area contributed by atoms with Crippen molar-refractivity contribution in [2.24, 2.45) is 0 Å². The summed E-state index contributed by atoms with van der Waals surface area (Å²) >= 11 is 0. The van der Waals surface area contributed by atoms with Crippen LogP contribution in [0.25, 0.3) is 32.7 Å². The molecular formula is C26H26. The van der Waals surface area contributed by atoms with Gasteiger partial charge in [-0.2, -0.15) is 0 Å². The van der Waals surface area contributed by atoms with E-state index in [0.717, 1.165) is 0 Å². The molecule has 130 valence electrons. The second-order valence-corrected chi connectivity index (χ2v) is 7.85. The van der Waals surface area contributed by atoms with Gasteiger partial charge in [-0.15, -0.1) is 0 Å². The molecule has 4 aromatic carbocycles. The lowest BCUT2D eigenvalue weighted by Gasteiger charge is -2.20. The predicted octanol–water partition coefficient (Wildman–Crippen LogP) is 7.91. The first kappa shape index (κ1) is 16.8. The number of hydrogen-bond acceptors (Lipinski definition) is 0. The van der Waals surface area contributed by atoms with Gasteiger partial charge >= 0.3 is 0 Å². The van der Waals surface area contributed by atoms with E-state index in [-0.39, 0.29) is 0 Å². The molecule has 0 radical (unpaired) electrons. The van der Waals surface area contributed by atoms with Crippen LogP contribution in [0.4, 0.5) is 0 Å². The van der Waals surface area contributed by atoms with E-state index in [2.05, 4.69) is 100 Å². The van der Waals surface area contributed by atoms with Crippen LogP contribution < -0.4 is 0 Å². The Hall–Kier alpha value is -2.60. The van der Waals surface area contributed by atoms with Crippen LogP contribution in [-0.4, -0.2) is 0 Å². The normalized spacial score (nSPS) is 11.8. The van der Waals surface area contributed by atoms with Crippen molar-refractivity contribution in [3.05, 3.63) is 83.9 Å². The second kappa shape index (κ2) is 6.61. The largest absolute Gasteiger partial charge is 0.0616 e. The molecule has 0 amide bonds. The summed E-state index contributed by atoms with van der Waals surface area (Å²) in [6.45, 7) is 9.14. The van der Waals surface area contributed by atoms with Crippen molar-refractivity contribution in [3.63, 3.8) is 0 Å². The molecule has 0 spiro atoms. The summed E-state index contributed by atoms with van der Waals surface area (Å²) in [5.74, 6) is 0.993. The fourth-order valence-electron chi connectivity index (χ4n) is 3.94. The average molecular weight is 338 g/mol. The van der Waals surface area contributed by atoms with E-state index >= 15 is 0 Å². The van der Waals surface area contributed by atoms with Crippen molar-refractivity contribution in [1.82, 2.24) is 0 Å². The van der Waals surface area contributed by atoms with Gasteiger partial charge in [0.25, 0.3) is 0 Å². The van der Waals surface area contributed by atoms with Gasteiger partial charge in [0.15, 0.2) is 0 Å². The fraction of sp³-hybridized carbons (Fsp3) is 0.231. The van der Waals surface area contributed by atoms with E-state index < -0.39 is 0 Å². The summed E-state index contributed by atoms with van der Waals surface area (Å²) in [4.78, 5) is 0. The minimum atomic E-state index is 0.482. The molecular weight excluding hydrogens is 312 g/mol. The van der Waals surface area contributed by atoms with Crippen LogP contribution in [0, 0.1) is 0 Å². The standard InChI is InChI=1S/C26H26/c1-17(2)21-15-20-10-6-7-11-23(20)25(16-21)26-22(18(3)4)14-13-19-9-5-8-12-24(19)26/h5-18H,1-4H3. The first-order valence-electron chi connectivity index (χ1n) is 9.61. The molecule has 0 aromatic heterocycles. The van der Waals surface area contributed by atoms with Crippen LogP contribution in [0.3, 0.4) is 0 Å². The van der Waals surface area contributed by atoms with Gasteiger partial charge in [-0.25, -0.2) is 0 Å². The summed E-state index contributed by atoms with van der Waals surface area (Å²) in [6.07, 6.45) is 0. The first-order chi connectivity index (χ1) is 12.6. The summed E-state index contributed by atoms with van der Waals surface area (Å²) < 4.78 is 0. The van der Waals surface area contributed by atoms with Crippen molar-refractivity contribution in [3.8, 4) is 11.1 Å². The lowest BCUT2D eigenvalue weighted by Crippen LogP contribution is -1.97. The van der Waals surface area contributed by atoms with Gasteiger partial charge in [0, 0.05) is 0 Å². The van der Waals surface area contributed by atoms with Crippen molar-refractivity contribution in [2.45, 2.75) is 39.5 Å². The molecule has 0 nitrogen and oxygen atoms in total. The van der Waals surface area contributed by atoms with Gasteiger partial charge in [0.2, 0.25) is 0 Å². The lowest BCUT2D eigenvalue weighted by atomic mass is 9.84. The summed E-state index contributed by atoms with van der Waals surface area (Å²) in [7, 11) is 0. The summed E-state index contributed by atoms with van der Waals surface area (Å²) in [5, 5.41) is 5.34. The second-order valence-electron chi connectivity index (χ2n) is 7.85. The molecule has 4 rings (SSSR count). The van der Waals surface area contributed by atoms with Crippen LogP contribution in [0.1, 0.15) is 50.7 Å². The Morgan fingerprint density at radius 1 is 0.577 bits per heavy atom. The van der Waals surface area contributed by atoms with Gasteiger partial charge < -0.3 is 0 Å². The van der Waals surface area contributed by atoms with Crippen molar-refractivity contribution >= 4 is 21.5 Å². The predicted molar refractivity (Wildman–Crippen MR) is 115 cm³/mol. The molecule has 0 heterocycles. The molecule has 0 saturated carbocycles. The average Bonchev–Trinajstić information content (AvgIpc) is 2.66. The highest BCUT2D eigenvalue weighted by molar-refractivity contribution is 6.07. The fourth-order valence-corrected chi connectivity index (χ4v) is 3.94. The summed E-state index contributed by atoms with van der Waals surface area (Å²) in [5.41, 5.74) is 5.60. The molecule has 0 aliphatic rings. The van der Waals surface area contributed by atoms with E-state index in [1.165, 1.54) is 43.8 Å². The third kappa shape index (κ3) is 2.80. The van der Waals surface area contributed by atoms with Gasteiger partial charge in [0.1, 0.15) is 0 Å². The topological polar surface area (TPSA) is 0 Å². The molecule has 0 atom stereocenters. The molecule has 0 bridgehead atoms. The molecule has 0 heteroatoms. The quantitative estimate of drug-likeness (QED) is 0.356. The maximum absolute atomic E-state index is 2.42. The minimum absolute atomic E-state index is 0.482.